The lowest BCUT2D eigenvalue weighted by molar-refractivity contribution is -0.134. The van der Waals surface area contributed by atoms with Crippen molar-refractivity contribution < 1.29 is 9.59 Å². The summed E-state index contributed by atoms with van der Waals surface area (Å²) in [5, 5.41) is 5.38. The van der Waals surface area contributed by atoms with E-state index < -0.39 is 0 Å². The molecule has 1 unspecified atom stereocenters. The zero-order chi connectivity index (χ0) is 21.9. The monoisotopic (exact) mass is 434 g/mol. The van der Waals surface area contributed by atoms with Crippen molar-refractivity contribution >= 4 is 22.6 Å². The van der Waals surface area contributed by atoms with Gasteiger partial charge < -0.3 is 10.2 Å². The van der Waals surface area contributed by atoms with E-state index in [1.807, 2.05) is 41.3 Å². The summed E-state index contributed by atoms with van der Waals surface area (Å²) in [5.74, 6) is 0.203. The van der Waals surface area contributed by atoms with Crippen molar-refractivity contribution in [1.29, 1.82) is 0 Å². The van der Waals surface area contributed by atoms with Gasteiger partial charge >= 0.3 is 0 Å². The highest BCUT2D eigenvalue weighted by Crippen LogP contribution is 2.24. The van der Waals surface area contributed by atoms with Gasteiger partial charge in [0.25, 0.3) is 5.91 Å². The molecule has 3 aliphatic rings. The number of nitrogens with zero attached hydrogens (tertiary/aromatic N) is 3. The lowest BCUT2D eigenvalue weighted by atomic mass is 10.1. The van der Waals surface area contributed by atoms with E-state index in [9.17, 15) is 9.59 Å². The smallest absolute Gasteiger partial charge is 0.251 e. The highest BCUT2D eigenvalue weighted by Gasteiger charge is 2.30. The molecule has 2 aromatic rings. The third kappa shape index (κ3) is 4.81. The summed E-state index contributed by atoms with van der Waals surface area (Å²) in [6.45, 7) is 5.80. The highest BCUT2D eigenvalue weighted by molar-refractivity contribution is 5.98. The average molecular weight is 435 g/mol. The molecule has 3 fully saturated rings. The van der Waals surface area contributed by atoms with Crippen molar-refractivity contribution in [2.45, 2.75) is 44.2 Å². The van der Waals surface area contributed by atoms with Crippen LogP contribution in [0, 0.1) is 0 Å². The van der Waals surface area contributed by atoms with Gasteiger partial charge in [0.2, 0.25) is 5.91 Å². The van der Waals surface area contributed by atoms with Gasteiger partial charge in [0.1, 0.15) is 0 Å². The van der Waals surface area contributed by atoms with Crippen molar-refractivity contribution in [2.24, 2.45) is 0 Å². The highest BCUT2D eigenvalue weighted by atomic mass is 16.2. The quantitative estimate of drug-likeness (QED) is 0.786. The molecule has 0 radical (unpaired) electrons. The number of carbonyl (C=O) groups excluding carboxylic acids is 2. The largest absolute Gasteiger partial charge is 0.348 e. The molecule has 6 heteroatoms. The molecule has 2 saturated heterocycles. The predicted octanol–water partition coefficient (Wildman–Crippen LogP) is 2.73. The Bertz CT molecular complexity index is 963. The minimum absolute atomic E-state index is 0.0306. The first-order valence-corrected chi connectivity index (χ1v) is 12.2. The number of benzene rings is 2. The van der Waals surface area contributed by atoms with Gasteiger partial charge in [0.15, 0.2) is 0 Å². The van der Waals surface area contributed by atoms with Crippen LogP contribution in [0.1, 0.15) is 42.5 Å². The fourth-order valence-corrected chi connectivity index (χ4v) is 5.59. The molecule has 2 aromatic carbocycles. The van der Waals surface area contributed by atoms with E-state index in [1.54, 1.807) is 0 Å². The maximum atomic E-state index is 12.8. The number of hydrogen-bond acceptors (Lipinski definition) is 4. The van der Waals surface area contributed by atoms with Crippen LogP contribution >= 0.6 is 0 Å². The van der Waals surface area contributed by atoms with Crippen molar-refractivity contribution in [2.75, 3.05) is 45.8 Å². The molecule has 1 atom stereocenters. The van der Waals surface area contributed by atoms with Crippen LogP contribution in [0.5, 0.6) is 0 Å². The number of likely N-dealkylation sites (tertiary alicyclic amines) is 1. The summed E-state index contributed by atoms with van der Waals surface area (Å²) in [6, 6.07) is 14.8. The van der Waals surface area contributed by atoms with Crippen molar-refractivity contribution in [3.63, 3.8) is 0 Å². The van der Waals surface area contributed by atoms with Crippen LogP contribution in [-0.4, -0.2) is 84.4 Å². The van der Waals surface area contributed by atoms with Gasteiger partial charge in [-0.2, -0.15) is 0 Å². The Kier molecular flexibility index (Phi) is 6.42. The van der Waals surface area contributed by atoms with Crippen molar-refractivity contribution in [1.82, 2.24) is 20.0 Å². The number of hydrogen-bond donors (Lipinski definition) is 1. The second-order valence-electron chi connectivity index (χ2n) is 9.61. The van der Waals surface area contributed by atoms with Crippen LogP contribution in [0.4, 0.5) is 0 Å². The fraction of sp³-hybridized carbons (Fsp3) is 0.538. The minimum Gasteiger partial charge on any atom is -0.348 e. The first-order chi connectivity index (χ1) is 15.7. The maximum absolute atomic E-state index is 12.8. The standard InChI is InChI=1S/C26H34N4O2/c31-25(30-15-13-29(14-16-30)24-7-3-4-8-24)19-28-12-11-23(18-28)27-26(32)22-10-9-20-5-1-2-6-21(20)17-22/h1-2,5-6,9-10,17,23-24H,3-4,7-8,11-16,18-19H2,(H,27,32). The van der Waals surface area contributed by atoms with E-state index >= 15 is 0 Å². The van der Waals surface area contributed by atoms with Gasteiger partial charge in [0.05, 0.1) is 6.54 Å². The normalized spacial score (nSPS) is 23.1. The number of rotatable bonds is 5. The summed E-state index contributed by atoms with van der Waals surface area (Å²) in [5.41, 5.74) is 0.693. The first kappa shape index (κ1) is 21.4. The molecular formula is C26H34N4O2. The Balaban J connectivity index is 1.08. The first-order valence-electron chi connectivity index (χ1n) is 12.2. The minimum atomic E-state index is -0.0306. The molecule has 0 spiro atoms. The third-order valence-corrected chi connectivity index (χ3v) is 7.49. The summed E-state index contributed by atoms with van der Waals surface area (Å²) >= 11 is 0. The summed E-state index contributed by atoms with van der Waals surface area (Å²) in [4.78, 5) is 32.4. The predicted molar refractivity (Wildman–Crippen MR) is 127 cm³/mol. The summed E-state index contributed by atoms with van der Waals surface area (Å²) < 4.78 is 0. The van der Waals surface area contributed by atoms with Crippen LogP contribution < -0.4 is 5.32 Å². The summed E-state index contributed by atoms with van der Waals surface area (Å²) in [7, 11) is 0. The Morgan fingerprint density at radius 1 is 0.875 bits per heavy atom. The van der Waals surface area contributed by atoms with Crippen molar-refractivity contribution in [3.05, 3.63) is 48.0 Å². The molecule has 5 rings (SSSR count). The molecule has 6 nitrogen and oxygen atoms in total. The topological polar surface area (TPSA) is 55.9 Å². The van der Waals surface area contributed by atoms with Crippen LogP contribution in [0.15, 0.2) is 42.5 Å². The third-order valence-electron chi connectivity index (χ3n) is 7.49. The van der Waals surface area contributed by atoms with Crippen molar-refractivity contribution in [3.8, 4) is 0 Å². The van der Waals surface area contributed by atoms with Gasteiger partial charge in [-0.3, -0.25) is 19.4 Å². The molecular weight excluding hydrogens is 400 g/mol. The van der Waals surface area contributed by atoms with Gasteiger partial charge in [-0.25, -0.2) is 0 Å². The van der Waals surface area contributed by atoms with E-state index in [2.05, 4.69) is 21.2 Å². The fourth-order valence-electron chi connectivity index (χ4n) is 5.59. The van der Waals surface area contributed by atoms with Gasteiger partial charge in [-0.1, -0.05) is 43.2 Å². The van der Waals surface area contributed by atoms with Gasteiger partial charge in [0, 0.05) is 56.9 Å². The Morgan fingerprint density at radius 2 is 1.62 bits per heavy atom. The zero-order valence-corrected chi connectivity index (χ0v) is 18.8. The Morgan fingerprint density at radius 3 is 2.41 bits per heavy atom. The van der Waals surface area contributed by atoms with Crippen LogP contribution in [-0.2, 0) is 4.79 Å². The lowest BCUT2D eigenvalue weighted by Gasteiger charge is -2.38. The Labute approximate surface area is 190 Å². The second-order valence-corrected chi connectivity index (χ2v) is 9.61. The molecule has 2 amide bonds. The number of carbonyl (C=O) groups is 2. The average Bonchev–Trinajstić information content (AvgIpc) is 3.51. The maximum Gasteiger partial charge on any atom is 0.251 e. The van der Waals surface area contributed by atoms with Gasteiger partial charge in [-0.05, 0) is 42.2 Å². The number of fused-ring (bicyclic) bond motifs is 1. The van der Waals surface area contributed by atoms with Gasteiger partial charge in [-0.15, -0.1) is 0 Å². The molecule has 0 bridgehead atoms. The Hall–Kier alpha value is -2.44. The molecule has 1 aliphatic carbocycles. The van der Waals surface area contributed by atoms with E-state index in [4.69, 9.17) is 0 Å². The molecule has 2 heterocycles. The number of amides is 2. The SMILES string of the molecule is O=C(NC1CCN(CC(=O)N2CCN(C3CCCC3)CC2)C1)c1ccc2ccccc2c1. The van der Waals surface area contributed by atoms with E-state index in [1.165, 1.54) is 25.7 Å². The molecule has 0 aromatic heterocycles. The van der Waals surface area contributed by atoms with E-state index in [0.717, 1.165) is 62.5 Å². The molecule has 32 heavy (non-hydrogen) atoms. The number of piperazine rings is 1. The van der Waals surface area contributed by atoms with E-state index in [0.29, 0.717) is 12.1 Å². The molecule has 2 aliphatic heterocycles. The second kappa shape index (κ2) is 9.59. The summed E-state index contributed by atoms with van der Waals surface area (Å²) in [6.07, 6.45) is 6.26. The zero-order valence-electron chi connectivity index (χ0n) is 18.8. The molecule has 1 N–H and O–H groups in total. The molecule has 170 valence electrons. The van der Waals surface area contributed by atoms with E-state index in [-0.39, 0.29) is 17.9 Å². The molecule has 1 saturated carbocycles. The lowest BCUT2D eigenvalue weighted by Crippen LogP contribution is -2.53. The van der Waals surface area contributed by atoms with Crippen LogP contribution in [0.25, 0.3) is 10.8 Å². The van der Waals surface area contributed by atoms with Crippen LogP contribution in [0.2, 0.25) is 0 Å². The number of nitrogens with one attached hydrogen (secondary N) is 1. The van der Waals surface area contributed by atoms with Crippen LogP contribution in [0.3, 0.4) is 0 Å².